The minimum absolute atomic E-state index is 0.0445. The van der Waals surface area contributed by atoms with Gasteiger partial charge in [0.1, 0.15) is 35.9 Å². The summed E-state index contributed by atoms with van der Waals surface area (Å²) in [6.07, 6.45) is 2.57. The predicted molar refractivity (Wildman–Crippen MR) is 189 cm³/mol. The number of rotatable bonds is 17. The van der Waals surface area contributed by atoms with Gasteiger partial charge < -0.3 is 34.3 Å². The van der Waals surface area contributed by atoms with Gasteiger partial charge in [-0.25, -0.2) is 4.79 Å². The molecule has 1 aromatic carbocycles. The molecule has 6 rings (SSSR count). The Balaban J connectivity index is 1.30. The molecule has 1 aliphatic carbocycles. The molecule has 0 aromatic heterocycles. The SMILES string of the molecule is CCCCCC1(CCCCC)O[C@@H]2[C@H](O1)[C@H]1ON(Cc3ccc(C=CC(=O)OCC(F)(F)F)cc3)[C@@H]3C(=O)O[C@@H]2C[C@]13C(=O)N1CCC[C@@H]1C(=O)NCCO. The van der Waals surface area contributed by atoms with Crippen LogP contribution in [0.15, 0.2) is 30.3 Å². The van der Waals surface area contributed by atoms with Gasteiger partial charge in [-0.3, -0.25) is 19.2 Å². The number of likely N-dealkylation sites (tertiary alicyclic amines) is 1. The number of benzene rings is 1. The van der Waals surface area contributed by atoms with Crippen molar-refractivity contribution in [3.63, 3.8) is 0 Å². The van der Waals surface area contributed by atoms with E-state index in [-0.39, 0.29) is 37.9 Å². The van der Waals surface area contributed by atoms with E-state index in [2.05, 4.69) is 23.9 Å². The minimum atomic E-state index is -4.63. The molecule has 304 valence electrons. The Morgan fingerprint density at radius 3 is 2.38 bits per heavy atom. The van der Waals surface area contributed by atoms with Crippen LogP contribution in [0.3, 0.4) is 0 Å². The smallest absolute Gasteiger partial charge is 0.422 e. The summed E-state index contributed by atoms with van der Waals surface area (Å²) in [6, 6.07) is 4.75. The summed E-state index contributed by atoms with van der Waals surface area (Å²) >= 11 is 0. The summed E-state index contributed by atoms with van der Waals surface area (Å²) in [6.45, 7) is 2.70. The highest BCUT2D eigenvalue weighted by Gasteiger charge is 2.77. The summed E-state index contributed by atoms with van der Waals surface area (Å²) in [7, 11) is 0. The molecule has 0 spiro atoms. The molecule has 55 heavy (non-hydrogen) atoms. The number of carbonyl (C=O) groups excluding carboxylic acids is 4. The number of ether oxygens (including phenoxy) is 4. The third-order valence-corrected chi connectivity index (χ3v) is 11.3. The number of unbranched alkanes of at least 4 members (excludes halogenated alkanes) is 4. The summed E-state index contributed by atoms with van der Waals surface area (Å²) in [5.41, 5.74) is -0.284. The van der Waals surface area contributed by atoms with E-state index in [0.29, 0.717) is 43.4 Å². The number of hydrogen-bond acceptors (Lipinski definition) is 11. The molecule has 5 fully saturated rings. The van der Waals surface area contributed by atoms with Crippen molar-refractivity contribution in [3.05, 3.63) is 41.5 Å². The number of nitrogens with one attached hydrogen (secondary N) is 1. The molecule has 0 unspecified atom stereocenters. The second-order valence-electron chi connectivity index (χ2n) is 15.2. The van der Waals surface area contributed by atoms with Crippen LogP contribution in [0.1, 0.15) is 95.6 Å². The Hall–Kier alpha value is -3.57. The number of fused-ring (bicyclic) bond motifs is 4. The Bertz CT molecular complexity index is 1560. The maximum atomic E-state index is 15.1. The van der Waals surface area contributed by atoms with Crippen molar-refractivity contribution in [2.24, 2.45) is 5.41 Å². The fourth-order valence-corrected chi connectivity index (χ4v) is 8.80. The standard InChI is InChI=1S/C39H52F3N3O10/c1-3-5-7-17-37(18-8-6-4-2)53-30-28-22-38(36(50)44-20-9-10-27(44)34(48)43-19-21-46)32(35(49)52-28)45(55-33(38)31(30)54-37)23-26-13-11-25(12-14-26)15-16-29(47)51-24-39(40,41)42/h11-16,27-28,30-33,46H,3-10,17-24H2,1-2H3,(H,43,48)/t27-,28-,30+,31+,32-,33-,38-/m1/s1. The molecule has 2 bridgehead atoms. The van der Waals surface area contributed by atoms with Crippen LogP contribution < -0.4 is 5.32 Å². The van der Waals surface area contributed by atoms with Gasteiger partial charge in [0.25, 0.3) is 0 Å². The summed E-state index contributed by atoms with van der Waals surface area (Å²) in [4.78, 5) is 62.6. The van der Waals surface area contributed by atoms with Crippen molar-refractivity contribution in [1.29, 1.82) is 0 Å². The normalized spacial score (nSPS) is 29.7. The quantitative estimate of drug-likeness (QED) is 0.132. The highest BCUT2D eigenvalue weighted by atomic mass is 19.4. The number of nitrogens with zero attached hydrogens (tertiary/aromatic N) is 2. The van der Waals surface area contributed by atoms with Gasteiger partial charge in [0.05, 0.1) is 13.2 Å². The molecule has 4 heterocycles. The molecule has 0 radical (unpaired) electrons. The average molecular weight is 780 g/mol. The first kappa shape index (κ1) is 41.1. The van der Waals surface area contributed by atoms with Gasteiger partial charge in [-0.15, -0.1) is 0 Å². The van der Waals surface area contributed by atoms with E-state index in [9.17, 15) is 32.7 Å². The molecule has 4 saturated heterocycles. The second kappa shape index (κ2) is 17.3. The molecule has 1 aromatic rings. The third-order valence-electron chi connectivity index (χ3n) is 11.3. The Labute approximate surface area is 318 Å². The molecule has 5 aliphatic rings. The van der Waals surface area contributed by atoms with E-state index in [1.54, 1.807) is 29.2 Å². The van der Waals surface area contributed by atoms with E-state index < -0.39 is 72.4 Å². The van der Waals surface area contributed by atoms with E-state index in [1.807, 2.05) is 0 Å². The van der Waals surface area contributed by atoms with E-state index >= 15 is 4.79 Å². The molecule has 4 aliphatic heterocycles. The highest BCUT2D eigenvalue weighted by molar-refractivity contribution is 5.96. The van der Waals surface area contributed by atoms with E-state index in [0.717, 1.165) is 44.6 Å². The molecule has 13 nitrogen and oxygen atoms in total. The Morgan fingerprint density at radius 1 is 1.04 bits per heavy atom. The number of carbonyl (C=O) groups is 4. The van der Waals surface area contributed by atoms with Crippen LogP contribution in [-0.4, -0.2) is 114 Å². The zero-order chi connectivity index (χ0) is 39.4. The lowest BCUT2D eigenvalue weighted by atomic mass is 9.62. The average Bonchev–Trinajstić information content (AvgIpc) is 3.88. The number of alkyl halides is 3. The number of halogens is 3. The predicted octanol–water partition coefficient (Wildman–Crippen LogP) is 4.35. The third kappa shape index (κ3) is 8.73. The van der Waals surface area contributed by atoms with Crippen molar-refractivity contribution >= 4 is 29.8 Å². The zero-order valence-electron chi connectivity index (χ0n) is 31.4. The highest BCUT2D eigenvalue weighted by Crippen LogP contribution is 2.59. The van der Waals surface area contributed by atoms with Crippen LogP contribution >= 0.6 is 0 Å². The summed E-state index contributed by atoms with van der Waals surface area (Å²) in [5, 5.41) is 13.5. The van der Waals surface area contributed by atoms with Gasteiger partial charge in [0.2, 0.25) is 11.8 Å². The summed E-state index contributed by atoms with van der Waals surface area (Å²) in [5.74, 6) is -3.48. The molecule has 2 N–H and O–H groups in total. The summed E-state index contributed by atoms with van der Waals surface area (Å²) < 4.78 is 61.4. The van der Waals surface area contributed by atoms with Gasteiger partial charge in [-0.2, -0.15) is 18.2 Å². The number of aliphatic hydroxyl groups is 1. The van der Waals surface area contributed by atoms with Crippen molar-refractivity contribution in [3.8, 4) is 0 Å². The van der Waals surface area contributed by atoms with E-state index in [4.69, 9.17) is 19.0 Å². The van der Waals surface area contributed by atoms with Crippen LogP contribution in [0.4, 0.5) is 13.2 Å². The van der Waals surface area contributed by atoms with Crippen molar-refractivity contribution in [2.45, 2.75) is 139 Å². The van der Waals surface area contributed by atoms with Gasteiger partial charge in [-0.05, 0) is 42.9 Å². The van der Waals surface area contributed by atoms with E-state index in [1.165, 1.54) is 11.1 Å². The number of amides is 2. The lowest BCUT2D eigenvalue weighted by molar-refractivity contribution is -0.225. The first-order valence-corrected chi connectivity index (χ1v) is 19.5. The number of hydrogen-bond donors (Lipinski definition) is 2. The van der Waals surface area contributed by atoms with Crippen molar-refractivity contribution in [2.75, 3.05) is 26.3 Å². The molecule has 1 saturated carbocycles. The van der Waals surface area contributed by atoms with Crippen LogP contribution in [0.2, 0.25) is 0 Å². The van der Waals surface area contributed by atoms with Gasteiger partial charge >= 0.3 is 18.1 Å². The van der Waals surface area contributed by atoms with Gasteiger partial charge in [0.15, 0.2) is 18.4 Å². The van der Waals surface area contributed by atoms with Crippen molar-refractivity contribution in [1.82, 2.24) is 15.3 Å². The largest absolute Gasteiger partial charge is 0.458 e. The topological polar surface area (TPSA) is 153 Å². The molecular weight excluding hydrogens is 727 g/mol. The molecule has 16 heteroatoms. The molecule has 2 amide bonds. The molecular formula is C39H52F3N3O10. The first-order valence-electron chi connectivity index (χ1n) is 19.5. The maximum Gasteiger partial charge on any atom is 0.422 e. The maximum absolute atomic E-state index is 15.1. The number of esters is 2. The van der Waals surface area contributed by atoms with Crippen LogP contribution in [0.5, 0.6) is 0 Å². The Kier molecular flexibility index (Phi) is 12.9. The Morgan fingerprint density at radius 2 is 1.73 bits per heavy atom. The monoisotopic (exact) mass is 779 g/mol. The first-order chi connectivity index (χ1) is 26.3. The lowest BCUT2D eigenvalue weighted by Crippen LogP contribution is -2.70. The lowest BCUT2D eigenvalue weighted by Gasteiger charge is -2.50. The second-order valence-corrected chi connectivity index (χ2v) is 15.2. The molecule has 7 atom stereocenters. The van der Waals surface area contributed by atoms with Crippen molar-refractivity contribution < 1.29 is 61.2 Å². The zero-order valence-corrected chi connectivity index (χ0v) is 31.4. The van der Waals surface area contributed by atoms with Crippen LogP contribution in [-0.2, 0) is 49.5 Å². The fourth-order valence-electron chi connectivity index (χ4n) is 8.80. The van der Waals surface area contributed by atoms with Gasteiger partial charge in [-0.1, -0.05) is 63.8 Å². The minimum Gasteiger partial charge on any atom is -0.458 e. The van der Waals surface area contributed by atoms with Crippen LogP contribution in [0, 0.1) is 5.41 Å². The number of aliphatic hydroxyl groups excluding tert-OH is 1. The van der Waals surface area contributed by atoms with Crippen LogP contribution in [0.25, 0.3) is 6.08 Å². The van der Waals surface area contributed by atoms with Gasteiger partial charge in [0, 0.05) is 38.4 Å². The fraction of sp³-hybridized carbons (Fsp3) is 0.692. The number of hydroxylamine groups is 2.